The van der Waals surface area contributed by atoms with E-state index in [9.17, 15) is 0 Å². The quantitative estimate of drug-likeness (QED) is 0.0754. The molecule has 18 rings (SSSR count). The lowest BCUT2D eigenvalue weighted by molar-refractivity contribution is 0.381. The lowest BCUT2D eigenvalue weighted by atomic mass is 9.83. The molecule has 4 nitrogen and oxygen atoms in total. The van der Waals surface area contributed by atoms with Crippen molar-refractivity contribution in [3.8, 4) is 66.8 Å². The highest BCUT2D eigenvalue weighted by Gasteiger charge is 2.33. The fourth-order valence-electron chi connectivity index (χ4n) is 18.5. The second-order valence-electron chi connectivity index (χ2n) is 30.0. The number of rotatable bonds is 6. The van der Waals surface area contributed by atoms with Crippen molar-refractivity contribution in [1.82, 2.24) is 19.9 Å². The van der Waals surface area contributed by atoms with Crippen LogP contribution in [0, 0.1) is 141 Å². The zero-order chi connectivity index (χ0) is 77.0. The minimum Gasteiger partial charge on any atom is -0.354 e. The fourth-order valence-corrected chi connectivity index (χ4v) is 18.5. The molecule has 12 aromatic carbocycles. The minimum absolute atomic E-state index is 0.0386. The van der Waals surface area contributed by atoms with Gasteiger partial charge in [-0.3, -0.25) is 0 Å². The molecule has 0 saturated heterocycles. The number of hydrogen-bond acceptors (Lipinski definition) is 2. The third-order valence-corrected chi connectivity index (χ3v) is 22.5. The first kappa shape index (κ1) is 69.3. The summed E-state index contributed by atoms with van der Waals surface area (Å²) in [5.74, 6) is -21.0. The lowest BCUT2D eigenvalue weighted by Crippen LogP contribution is -2.05. The number of aromatic amines is 2. The Hall–Kier alpha value is -12.4. The van der Waals surface area contributed by atoms with Gasteiger partial charge in [-0.1, -0.05) is 119 Å². The molecule has 0 spiro atoms. The van der Waals surface area contributed by atoms with Crippen molar-refractivity contribution < 1.29 is 43.9 Å². The van der Waals surface area contributed by atoms with Gasteiger partial charge in [0.05, 0.1) is 33.9 Å². The standard InChI is InChI=1S/C96H66F10N4/c1-41-29-45(5)73(46(6)30-41)77-53-13-17-57-61(37-53)62-38-54(78(74-47(7)31-42(2)32-48(74)8)66-22-26-70(108-66)83(69-25-21-65(77)107-69)85-87(97)91(101)95(105)92(102)88(85)98)14-18-58(62)82-60-20-16-56-40-64(60)63-39-55(15-19-59(63)81(57)82)79(75-49(9)33-43(3)34-50(75)10)67-23-27-71(109-67)84(86-89(99)93(103)96(106)94(104)90(86)100)72-28-24-68(110-72)80(56)76-51(11)35-44(4)36-52(76)12/h13-40,107,110H,1-12H3. The summed E-state index contributed by atoms with van der Waals surface area (Å²) in [6, 6.07) is 48.8. The van der Waals surface area contributed by atoms with Crippen molar-refractivity contribution in [2.45, 2.75) is 83.1 Å². The molecule has 110 heavy (non-hydrogen) atoms. The third kappa shape index (κ3) is 10.3. The van der Waals surface area contributed by atoms with Gasteiger partial charge in [0.1, 0.15) is 0 Å². The Balaban J connectivity index is 1.08. The van der Waals surface area contributed by atoms with Gasteiger partial charge >= 0.3 is 0 Å². The average molecular weight is 1470 g/mol. The second-order valence-corrected chi connectivity index (χ2v) is 30.0. The van der Waals surface area contributed by atoms with Crippen molar-refractivity contribution in [2.75, 3.05) is 0 Å². The third-order valence-electron chi connectivity index (χ3n) is 22.5. The van der Waals surface area contributed by atoms with Crippen molar-refractivity contribution >= 4 is 122 Å². The Labute approximate surface area is 625 Å². The summed E-state index contributed by atoms with van der Waals surface area (Å²) in [6.07, 6.45) is 6.55. The van der Waals surface area contributed by atoms with Crippen LogP contribution in [0.1, 0.15) is 89.5 Å². The first-order valence-electron chi connectivity index (χ1n) is 36.2. The normalized spacial score (nSPS) is 12.4. The van der Waals surface area contributed by atoms with Crippen LogP contribution in [-0.2, 0) is 0 Å². The van der Waals surface area contributed by atoms with Crippen LogP contribution in [0.15, 0.2) is 146 Å². The van der Waals surface area contributed by atoms with Gasteiger partial charge in [0.15, 0.2) is 46.5 Å². The highest BCUT2D eigenvalue weighted by atomic mass is 19.2. The number of aromatic nitrogens is 4. The van der Waals surface area contributed by atoms with E-state index in [2.05, 4.69) is 131 Å². The number of hydrogen-bond donors (Lipinski definition) is 2. The van der Waals surface area contributed by atoms with E-state index >= 15 is 43.9 Å². The van der Waals surface area contributed by atoms with E-state index < -0.39 is 69.3 Å². The van der Waals surface area contributed by atoms with Gasteiger partial charge < -0.3 is 9.97 Å². The molecule has 0 radical (unpaired) electrons. The number of benzene rings is 12. The van der Waals surface area contributed by atoms with Crippen LogP contribution < -0.4 is 0 Å². The van der Waals surface area contributed by atoms with Crippen molar-refractivity contribution in [1.29, 1.82) is 0 Å². The maximum atomic E-state index is 16.8. The minimum atomic E-state index is -2.29. The first-order valence-corrected chi connectivity index (χ1v) is 36.2. The molecular formula is C96H66F10N4. The summed E-state index contributed by atoms with van der Waals surface area (Å²) >= 11 is 0. The summed E-state index contributed by atoms with van der Waals surface area (Å²) in [7, 11) is 0. The van der Waals surface area contributed by atoms with Crippen molar-refractivity contribution in [2.24, 2.45) is 0 Å². The number of fused-ring (bicyclic) bond motifs is 17. The Morgan fingerprint density at radius 3 is 0.664 bits per heavy atom. The van der Waals surface area contributed by atoms with Gasteiger partial charge in [-0.05, 0) is 298 Å². The SMILES string of the molecule is Cc1cc(C)c(-c2c3nc(c(-c4c(F)c(F)c(F)c(F)c4F)c4ccc([nH]4)c(-c4c(C)cc(C)cc4C)c4ccc5c(c4)c4cc2ccc4c2c4ccc6cc4c4cc(ccc4c52)c(-c2c(C)cc(C)cc2C)c2nc(c(-c4c(F)c(F)c(F)c(F)c4F)c4ccc([nH]4)c6-c4c(C)cc(C)cc4C)C=C2)C=C3)c(C)c1. The molecule has 0 amide bonds. The smallest absolute Gasteiger partial charge is 0.200 e. The predicted octanol–water partition coefficient (Wildman–Crippen LogP) is 27.8. The highest BCUT2D eigenvalue weighted by molar-refractivity contribution is 6.41. The Bertz CT molecular complexity index is 6650. The molecule has 2 N–H and O–H groups in total. The molecule has 16 aromatic rings. The maximum absolute atomic E-state index is 16.8. The summed E-state index contributed by atoms with van der Waals surface area (Å²) in [5, 5.41) is 11.6. The number of H-pyrrole nitrogens is 2. The molecule has 6 heterocycles. The van der Waals surface area contributed by atoms with Gasteiger partial charge in [0.2, 0.25) is 11.6 Å². The van der Waals surface area contributed by atoms with Crippen LogP contribution in [0.3, 0.4) is 0 Å². The summed E-state index contributed by atoms with van der Waals surface area (Å²) in [5.41, 5.74) is 15.9. The maximum Gasteiger partial charge on any atom is 0.200 e. The monoisotopic (exact) mass is 1460 g/mol. The summed E-state index contributed by atoms with van der Waals surface area (Å²) in [4.78, 5) is 17.4. The van der Waals surface area contributed by atoms with Gasteiger partial charge in [-0.2, -0.15) is 0 Å². The molecule has 2 aliphatic rings. The van der Waals surface area contributed by atoms with Crippen molar-refractivity contribution in [3.05, 3.63) is 293 Å². The van der Waals surface area contributed by atoms with E-state index in [0.29, 0.717) is 55.4 Å². The van der Waals surface area contributed by atoms with E-state index in [0.717, 1.165) is 154 Å². The van der Waals surface area contributed by atoms with E-state index in [1.165, 1.54) is 0 Å². The summed E-state index contributed by atoms with van der Waals surface area (Å²) < 4.78 is 161. The van der Waals surface area contributed by atoms with Gasteiger partial charge in [-0.25, -0.2) is 53.9 Å². The molecule has 540 valence electrons. The second kappa shape index (κ2) is 25.1. The van der Waals surface area contributed by atoms with Crippen LogP contribution >= 0.6 is 0 Å². The van der Waals surface area contributed by atoms with E-state index in [1.54, 1.807) is 48.6 Å². The molecule has 4 aromatic heterocycles. The Kier molecular flexibility index (Phi) is 15.8. The van der Waals surface area contributed by atoms with Crippen LogP contribution in [0.25, 0.3) is 189 Å². The topological polar surface area (TPSA) is 57.4 Å². The predicted molar refractivity (Wildman–Crippen MR) is 430 cm³/mol. The fraction of sp³-hybridized carbons (Fsp3) is 0.125. The molecule has 2 aliphatic heterocycles. The molecule has 0 atom stereocenters. The Morgan fingerprint density at radius 2 is 0.409 bits per heavy atom. The zero-order valence-corrected chi connectivity index (χ0v) is 61.8. The van der Waals surface area contributed by atoms with Gasteiger partial charge in [0, 0.05) is 55.4 Å². The molecule has 0 saturated carbocycles. The molecule has 14 heteroatoms. The molecule has 16 bridgehead atoms. The van der Waals surface area contributed by atoms with Crippen LogP contribution in [-0.4, -0.2) is 19.9 Å². The van der Waals surface area contributed by atoms with E-state index in [-0.39, 0.29) is 33.5 Å². The highest BCUT2D eigenvalue weighted by Crippen LogP contribution is 2.51. The molecule has 0 aliphatic carbocycles. The number of aryl methyl sites for hydroxylation is 12. The first-order chi connectivity index (χ1) is 52.6. The largest absolute Gasteiger partial charge is 0.354 e. The Morgan fingerprint density at radius 1 is 0.200 bits per heavy atom. The number of nitrogens with one attached hydrogen (secondary N) is 2. The van der Waals surface area contributed by atoms with Gasteiger partial charge in [-0.15, -0.1) is 0 Å². The average Bonchev–Trinajstić information content (AvgIpc) is 0.720. The zero-order valence-electron chi connectivity index (χ0n) is 61.8. The van der Waals surface area contributed by atoms with Gasteiger partial charge in [0.25, 0.3) is 0 Å². The van der Waals surface area contributed by atoms with E-state index in [1.807, 2.05) is 83.1 Å². The van der Waals surface area contributed by atoms with Crippen LogP contribution in [0.5, 0.6) is 0 Å². The number of halogens is 10. The number of nitrogens with zero attached hydrogens (tertiary/aromatic N) is 2. The van der Waals surface area contributed by atoms with Crippen LogP contribution in [0.4, 0.5) is 43.9 Å². The molecular weight excluding hydrogens is 1400 g/mol. The van der Waals surface area contributed by atoms with Crippen LogP contribution in [0.2, 0.25) is 0 Å². The summed E-state index contributed by atoms with van der Waals surface area (Å²) in [6.45, 7) is 24.1. The molecule has 0 fully saturated rings. The molecule has 0 unspecified atom stereocenters. The van der Waals surface area contributed by atoms with E-state index in [4.69, 9.17) is 9.97 Å². The van der Waals surface area contributed by atoms with Crippen molar-refractivity contribution in [3.63, 3.8) is 0 Å². The lowest BCUT2D eigenvalue weighted by Gasteiger charge is -2.20.